The highest BCUT2D eigenvalue weighted by Crippen LogP contribution is 2.14. The quantitative estimate of drug-likeness (QED) is 0.535. The first-order chi connectivity index (χ1) is 5.27. The third kappa shape index (κ3) is 0.894. The fourth-order valence-corrected chi connectivity index (χ4v) is 1.09. The van der Waals surface area contributed by atoms with Gasteiger partial charge in [0, 0.05) is 6.07 Å². The monoisotopic (exact) mass is 153 g/mol. The number of aliphatic hydroxyl groups excluding tert-OH is 1. The van der Waals surface area contributed by atoms with E-state index in [1.165, 1.54) is 10.9 Å². The van der Waals surface area contributed by atoms with Gasteiger partial charge in [0.15, 0.2) is 0 Å². The van der Waals surface area contributed by atoms with Crippen LogP contribution in [0.4, 0.5) is 5.82 Å². The molecule has 0 aliphatic carbocycles. The first-order valence-electron chi connectivity index (χ1n) is 3.29. The highest BCUT2D eigenvalue weighted by atomic mass is 16.3. The Morgan fingerprint density at radius 3 is 3.45 bits per heavy atom. The summed E-state index contributed by atoms with van der Waals surface area (Å²) in [5.74, 6) is 0.366. The molecule has 0 fully saturated rings. The average molecular weight is 153 g/mol. The van der Waals surface area contributed by atoms with Gasteiger partial charge in [-0.3, -0.25) is 4.79 Å². The van der Waals surface area contributed by atoms with Gasteiger partial charge < -0.3 is 10.4 Å². The highest BCUT2D eigenvalue weighted by molar-refractivity contribution is 5.83. The molecule has 1 aliphatic heterocycles. The van der Waals surface area contributed by atoms with Crippen molar-refractivity contribution in [2.45, 2.75) is 12.6 Å². The van der Waals surface area contributed by atoms with Crippen LogP contribution in [0.2, 0.25) is 0 Å². The lowest BCUT2D eigenvalue weighted by Gasteiger charge is -2.19. The second-order valence-corrected chi connectivity index (χ2v) is 2.39. The predicted molar refractivity (Wildman–Crippen MR) is 37.1 cm³/mol. The Morgan fingerprint density at radius 1 is 1.82 bits per heavy atom. The number of hydrogen-bond acceptors (Lipinski definition) is 4. The number of nitrogens with zero attached hydrogens (tertiary/aromatic N) is 2. The van der Waals surface area contributed by atoms with E-state index in [1.54, 1.807) is 6.07 Å². The molecular weight excluding hydrogens is 146 g/mol. The molecule has 2 heterocycles. The Balaban J connectivity index is 2.44. The lowest BCUT2D eigenvalue weighted by Crippen LogP contribution is -2.33. The summed E-state index contributed by atoms with van der Waals surface area (Å²) in [5.41, 5.74) is 0. The Kier molecular flexibility index (Phi) is 1.19. The molecule has 1 aromatic heterocycles. The molecule has 1 aliphatic rings. The summed E-state index contributed by atoms with van der Waals surface area (Å²) in [4.78, 5) is 11.1. The molecule has 0 spiro atoms. The molecule has 0 saturated heterocycles. The topological polar surface area (TPSA) is 67.2 Å². The first kappa shape index (κ1) is 6.36. The van der Waals surface area contributed by atoms with Gasteiger partial charge in [-0.2, -0.15) is 9.78 Å². The molecule has 0 bridgehead atoms. The summed E-state index contributed by atoms with van der Waals surface area (Å²) in [6, 6.07) is 1.64. The van der Waals surface area contributed by atoms with Crippen LogP contribution < -0.4 is 5.32 Å². The van der Waals surface area contributed by atoms with E-state index in [1.807, 2.05) is 0 Å². The number of carbonyl (C=O) groups excluding carboxylic acids is 1. The van der Waals surface area contributed by atoms with Crippen LogP contribution in [0.3, 0.4) is 0 Å². The predicted octanol–water partition coefficient (Wildman–Crippen LogP) is -0.343. The van der Waals surface area contributed by atoms with Crippen molar-refractivity contribution in [2.24, 2.45) is 0 Å². The van der Waals surface area contributed by atoms with Crippen LogP contribution in [0.15, 0.2) is 12.3 Å². The largest absolute Gasteiger partial charge is 0.373 e. The van der Waals surface area contributed by atoms with E-state index in [9.17, 15) is 4.79 Å². The number of hydrogen-bond donors (Lipinski definition) is 2. The van der Waals surface area contributed by atoms with Crippen LogP contribution >= 0.6 is 0 Å². The zero-order chi connectivity index (χ0) is 7.84. The minimum atomic E-state index is -0.772. The van der Waals surface area contributed by atoms with Crippen molar-refractivity contribution >= 4 is 11.7 Å². The molecule has 0 aromatic carbocycles. The van der Waals surface area contributed by atoms with Gasteiger partial charge in [0.05, 0.1) is 12.6 Å². The molecule has 5 heteroatoms. The molecule has 5 nitrogen and oxygen atoms in total. The van der Waals surface area contributed by atoms with E-state index >= 15 is 0 Å². The van der Waals surface area contributed by atoms with Crippen molar-refractivity contribution in [3.05, 3.63) is 12.3 Å². The maximum absolute atomic E-state index is 11.1. The van der Waals surface area contributed by atoms with Crippen LogP contribution in [-0.4, -0.2) is 27.0 Å². The molecule has 1 atom stereocenters. The van der Waals surface area contributed by atoms with Crippen molar-refractivity contribution in [3.8, 4) is 0 Å². The number of nitrogens with one attached hydrogen (secondary N) is 1. The number of aromatic nitrogens is 2. The van der Waals surface area contributed by atoms with E-state index in [0.717, 1.165) is 0 Å². The van der Waals surface area contributed by atoms with E-state index in [4.69, 9.17) is 5.11 Å². The summed E-state index contributed by atoms with van der Waals surface area (Å²) in [7, 11) is 0. The molecule has 1 unspecified atom stereocenters. The van der Waals surface area contributed by atoms with E-state index < -0.39 is 6.23 Å². The van der Waals surface area contributed by atoms with Crippen LogP contribution in [0.1, 0.15) is 11.2 Å². The lowest BCUT2D eigenvalue weighted by molar-refractivity contribution is 0.0785. The average Bonchev–Trinajstić information content (AvgIpc) is 2.34. The SMILES string of the molecule is O=C1CC(O)Nc2ccnn21. The molecule has 2 rings (SSSR count). The molecule has 0 amide bonds. The molecule has 11 heavy (non-hydrogen) atoms. The van der Waals surface area contributed by atoms with E-state index in [2.05, 4.69) is 10.4 Å². The van der Waals surface area contributed by atoms with E-state index in [0.29, 0.717) is 5.82 Å². The number of fused-ring (bicyclic) bond motifs is 1. The summed E-state index contributed by atoms with van der Waals surface area (Å²) in [6.45, 7) is 0. The number of carbonyl (C=O) groups is 1. The molecule has 0 radical (unpaired) electrons. The number of anilines is 1. The molecule has 2 N–H and O–H groups in total. The number of aliphatic hydroxyl groups is 1. The second-order valence-electron chi connectivity index (χ2n) is 2.39. The maximum Gasteiger partial charge on any atom is 0.253 e. The first-order valence-corrected chi connectivity index (χ1v) is 3.29. The normalized spacial score (nSPS) is 22.6. The number of rotatable bonds is 0. The van der Waals surface area contributed by atoms with Gasteiger partial charge in [-0.1, -0.05) is 0 Å². The van der Waals surface area contributed by atoms with Crippen LogP contribution in [0.25, 0.3) is 0 Å². The van der Waals surface area contributed by atoms with Gasteiger partial charge in [-0.15, -0.1) is 0 Å². The van der Waals surface area contributed by atoms with Gasteiger partial charge in [-0.05, 0) is 0 Å². The minimum absolute atomic E-state index is 0.0781. The summed E-state index contributed by atoms with van der Waals surface area (Å²) < 4.78 is 1.24. The zero-order valence-electron chi connectivity index (χ0n) is 5.69. The van der Waals surface area contributed by atoms with Gasteiger partial charge in [0.25, 0.3) is 5.91 Å². The third-order valence-electron chi connectivity index (χ3n) is 1.56. The third-order valence-corrected chi connectivity index (χ3v) is 1.56. The Labute approximate surface area is 62.6 Å². The van der Waals surface area contributed by atoms with Crippen LogP contribution in [0, 0.1) is 0 Å². The van der Waals surface area contributed by atoms with Crippen LogP contribution in [-0.2, 0) is 0 Å². The van der Waals surface area contributed by atoms with Crippen LogP contribution in [0.5, 0.6) is 0 Å². The Morgan fingerprint density at radius 2 is 2.64 bits per heavy atom. The van der Waals surface area contributed by atoms with Crippen molar-refractivity contribution in [1.82, 2.24) is 9.78 Å². The Bertz CT molecular complexity index is 294. The maximum atomic E-state index is 11.1. The summed E-state index contributed by atoms with van der Waals surface area (Å²) in [5, 5.41) is 15.5. The van der Waals surface area contributed by atoms with Crippen molar-refractivity contribution in [3.63, 3.8) is 0 Å². The standard InChI is InChI=1S/C6H7N3O2/c10-5-3-6(11)9-4(8-5)1-2-7-9/h1-2,5,8,10H,3H2. The zero-order valence-corrected chi connectivity index (χ0v) is 5.69. The second kappa shape index (κ2) is 2.06. The molecule has 58 valence electrons. The smallest absolute Gasteiger partial charge is 0.253 e. The van der Waals surface area contributed by atoms with Gasteiger partial charge in [0.2, 0.25) is 0 Å². The fraction of sp³-hybridized carbons (Fsp3) is 0.333. The van der Waals surface area contributed by atoms with Crippen molar-refractivity contribution in [1.29, 1.82) is 0 Å². The van der Waals surface area contributed by atoms with Gasteiger partial charge >= 0.3 is 0 Å². The summed E-state index contributed by atoms with van der Waals surface area (Å²) in [6.07, 6.45) is 0.819. The Hall–Kier alpha value is -1.36. The van der Waals surface area contributed by atoms with Crippen molar-refractivity contribution < 1.29 is 9.90 Å². The molecule has 0 saturated carbocycles. The highest BCUT2D eigenvalue weighted by Gasteiger charge is 2.21. The summed E-state index contributed by atoms with van der Waals surface area (Å²) >= 11 is 0. The lowest BCUT2D eigenvalue weighted by atomic mass is 10.3. The van der Waals surface area contributed by atoms with E-state index in [-0.39, 0.29) is 12.3 Å². The minimum Gasteiger partial charge on any atom is -0.373 e. The van der Waals surface area contributed by atoms with Gasteiger partial charge in [-0.25, -0.2) is 0 Å². The van der Waals surface area contributed by atoms with Gasteiger partial charge in [0.1, 0.15) is 12.0 Å². The fourth-order valence-electron chi connectivity index (χ4n) is 1.09. The molecular formula is C6H7N3O2. The molecule has 1 aromatic rings. The van der Waals surface area contributed by atoms with Crippen molar-refractivity contribution in [2.75, 3.05) is 5.32 Å².